The van der Waals surface area contributed by atoms with Crippen molar-refractivity contribution in [3.8, 4) is 5.75 Å². The smallest absolute Gasteiger partial charge is 0.322 e. The first-order valence-electron chi connectivity index (χ1n) is 7.82. The second kappa shape index (κ2) is 7.31. The SMILES string of the molecule is O=C(Nc1c(F)cccc1OCc1ccccc1)N1CC[C@@H](O)C1. The molecule has 2 aromatic rings. The van der Waals surface area contributed by atoms with E-state index in [0.717, 1.165) is 5.56 Å². The molecule has 0 radical (unpaired) electrons. The number of hydrogen-bond donors (Lipinski definition) is 2. The topological polar surface area (TPSA) is 61.8 Å². The maximum Gasteiger partial charge on any atom is 0.322 e. The molecule has 2 N–H and O–H groups in total. The van der Waals surface area contributed by atoms with Crippen LogP contribution in [0.3, 0.4) is 0 Å². The zero-order chi connectivity index (χ0) is 16.9. The number of nitrogens with one attached hydrogen (secondary N) is 1. The molecular formula is C18H19FN2O3. The highest BCUT2D eigenvalue weighted by molar-refractivity contribution is 5.91. The van der Waals surface area contributed by atoms with Crippen LogP contribution in [0.4, 0.5) is 14.9 Å². The van der Waals surface area contributed by atoms with Crippen molar-refractivity contribution in [1.29, 1.82) is 0 Å². The molecule has 1 atom stereocenters. The van der Waals surface area contributed by atoms with Crippen LogP contribution in [0.5, 0.6) is 5.75 Å². The fourth-order valence-electron chi connectivity index (χ4n) is 2.59. The number of urea groups is 1. The van der Waals surface area contributed by atoms with Crippen molar-refractivity contribution >= 4 is 11.7 Å². The Hall–Kier alpha value is -2.60. The van der Waals surface area contributed by atoms with Crippen LogP contribution < -0.4 is 10.1 Å². The minimum absolute atomic E-state index is 0.0137. The number of aliphatic hydroxyl groups is 1. The normalized spacial score (nSPS) is 16.9. The number of para-hydroxylation sites is 1. The summed E-state index contributed by atoms with van der Waals surface area (Å²) in [6.07, 6.45) is 0.00683. The first-order chi connectivity index (χ1) is 11.6. The molecule has 1 aliphatic rings. The molecule has 2 aromatic carbocycles. The maximum absolute atomic E-state index is 14.1. The van der Waals surface area contributed by atoms with Gasteiger partial charge in [-0.3, -0.25) is 0 Å². The van der Waals surface area contributed by atoms with Crippen LogP contribution in [-0.2, 0) is 6.61 Å². The Labute approximate surface area is 139 Å². The van der Waals surface area contributed by atoms with E-state index in [0.29, 0.717) is 13.0 Å². The fraction of sp³-hybridized carbons (Fsp3) is 0.278. The number of β-amino-alcohol motifs (C(OH)–C–C–N with tert-alkyl or cyclic N) is 1. The Kier molecular flexibility index (Phi) is 4.96. The molecule has 0 aliphatic carbocycles. The third-order valence-electron chi connectivity index (χ3n) is 3.90. The van der Waals surface area contributed by atoms with E-state index in [1.807, 2.05) is 30.3 Å². The number of rotatable bonds is 4. The van der Waals surface area contributed by atoms with Gasteiger partial charge in [-0.2, -0.15) is 0 Å². The van der Waals surface area contributed by atoms with E-state index in [4.69, 9.17) is 4.74 Å². The second-order valence-corrected chi connectivity index (χ2v) is 5.71. The van der Waals surface area contributed by atoms with E-state index in [-0.39, 0.29) is 24.6 Å². The summed E-state index contributed by atoms with van der Waals surface area (Å²) in [7, 11) is 0. The summed E-state index contributed by atoms with van der Waals surface area (Å²) >= 11 is 0. The van der Waals surface area contributed by atoms with Crippen molar-refractivity contribution in [2.24, 2.45) is 0 Å². The second-order valence-electron chi connectivity index (χ2n) is 5.71. The highest BCUT2D eigenvalue weighted by Crippen LogP contribution is 2.29. The van der Waals surface area contributed by atoms with E-state index >= 15 is 0 Å². The Balaban J connectivity index is 1.71. The minimum atomic E-state index is -0.561. The van der Waals surface area contributed by atoms with Gasteiger partial charge in [0.2, 0.25) is 0 Å². The van der Waals surface area contributed by atoms with Gasteiger partial charge in [-0.05, 0) is 24.1 Å². The molecule has 0 saturated carbocycles. The lowest BCUT2D eigenvalue weighted by Crippen LogP contribution is -2.34. The molecule has 6 heteroatoms. The molecule has 0 spiro atoms. The third-order valence-corrected chi connectivity index (χ3v) is 3.90. The van der Waals surface area contributed by atoms with Crippen molar-refractivity contribution in [2.75, 3.05) is 18.4 Å². The average molecular weight is 330 g/mol. The van der Waals surface area contributed by atoms with E-state index in [1.54, 1.807) is 6.07 Å². The summed E-state index contributed by atoms with van der Waals surface area (Å²) < 4.78 is 19.8. The lowest BCUT2D eigenvalue weighted by molar-refractivity contribution is 0.176. The Bertz CT molecular complexity index is 709. The molecule has 1 heterocycles. The van der Waals surface area contributed by atoms with Crippen LogP contribution in [0.2, 0.25) is 0 Å². The van der Waals surface area contributed by atoms with E-state index in [1.165, 1.54) is 17.0 Å². The van der Waals surface area contributed by atoms with Gasteiger partial charge >= 0.3 is 6.03 Å². The molecule has 1 aliphatic heterocycles. The standard InChI is InChI=1S/C18H19FN2O3/c19-15-7-4-8-16(24-12-13-5-2-1-3-6-13)17(15)20-18(23)21-10-9-14(22)11-21/h1-8,14,22H,9-12H2,(H,20,23)/t14-/m1/s1. The monoisotopic (exact) mass is 330 g/mol. The van der Waals surface area contributed by atoms with Gasteiger partial charge in [-0.1, -0.05) is 36.4 Å². The molecule has 1 saturated heterocycles. The van der Waals surface area contributed by atoms with Crippen LogP contribution >= 0.6 is 0 Å². The number of ether oxygens (including phenoxy) is 1. The fourth-order valence-corrected chi connectivity index (χ4v) is 2.59. The third kappa shape index (κ3) is 3.83. The minimum Gasteiger partial charge on any atom is -0.487 e. The zero-order valence-electron chi connectivity index (χ0n) is 13.1. The molecule has 1 fully saturated rings. The molecule has 126 valence electrons. The van der Waals surface area contributed by atoms with Crippen LogP contribution in [0, 0.1) is 5.82 Å². The molecular weight excluding hydrogens is 311 g/mol. The van der Waals surface area contributed by atoms with Crippen LogP contribution in [-0.4, -0.2) is 35.2 Å². The van der Waals surface area contributed by atoms with Gasteiger partial charge < -0.3 is 20.1 Å². The lowest BCUT2D eigenvalue weighted by atomic mass is 10.2. The molecule has 24 heavy (non-hydrogen) atoms. The zero-order valence-corrected chi connectivity index (χ0v) is 13.1. The van der Waals surface area contributed by atoms with Gasteiger partial charge in [0.15, 0.2) is 5.82 Å². The van der Waals surface area contributed by atoms with Crippen molar-refractivity contribution in [1.82, 2.24) is 4.90 Å². The van der Waals surface area contributed by atoms with Gasteiger partial charge in [0, 0.05) is 13.1 Å². The Morgan fingerprint density at radius 3 is 2.75 bits per heavy atom. The Morgan fingerprint density at radius 1 is 1.25 bits per heavy atom. The van der Waals surface area contributed by atoms with Gasteiger partial charge in [0.05, 0.1) is 6.10 Å². The van der Waals surface area contributed by atoms with Gasteiger partial charge in [-0.25, -0.2) is 9.18 Å². The average Bonchev–Trinajstić information content (AvgIpc) is 3.03. The number of nitrogens with zero attached hydrogens (tertiary/aromatic N) is 1. The number of likely N-dealkylation sites (tertiary alicyclic amines) is 1. The molecule has 0 aromatic heterocycles. The van der Waals surface area contributed by atoms with Gasteiger partial charge in [0.25, 0.3) is 0 Å². The largest absolute Gasteiger partial charge is 0.487 e. The van der Waals surface area contributed by atoms with Crippen LogP contribution in [0.1, 0.15) is 12.0 Å². The van der Waals surface area contributed by atoms with Crippen LogP contribution in [0.25, 0.3) is 0 Å². The number of carbonyl (C=O) groups excluding carboxylic acids is 1. The predicted octanol–water partition coefficient (Wildman–Crippen LogP) is 3.00. The summed E-state index contributed by atoms with van der Waals surface area (Å²) in [5, 5.41) is 12.1. The van der Waals surface area contributed by atoms with Crippen molar-refractivity contribution in [3.63, 3.8) is 0 Å². The van der Waals surface area contributed by atoms with Crippen molar-refractivity contribution in [2.45, 2.75) is 19.1 Å². The summed E-state index contributed by atoms with van der Waals surface area (Å²) in [4.78, 5) is 13.7. The highest BCUT2D eigenvalue weighted by atomic mass is 19.1. The van der Waals surface area contributed by atoms with E-state index in [9.17, 15) is 14.3 Å². The number of halogens is 1. The number of hydrogen-bond acceptors (Lipinski definition) is 3. The first kappa shape index (κ1) is 16.3. The summed E-state index contributed by atoms with van der Waals surface area (Å²) in [5.41, 5.74) is 0.960. The van der Waals surface area contributed by atoms with Crippen LogP contribution in [0.15, 0.2) is 48.5 Å². The summed E-state index contributed by atoms with van der Waals surface area (Å²) in [6.45, 7) is 0.970. The van der Waals surface area contributed by atoms with Crippen molar-refractivity contribution in [3.05, 3.63) is 59.9 Å². The lowest BCUT2D eigenvalue weighted by Gasteiger charge is -2.18. The maximum atomic E-state index is 14.1. The first-order valence-corrected chi connectivity index (χ1v) is 7.82. The van der Waals surface area contributed by atoms with Gasteiger partial charge in [0.1, 0.15) is 18.0 Å². The van der Waals surface area contributed by atoms with Crippen molar-refractivity contribution < 1.29 is 19.0 Å². The molecule has 0 unspecified atom stereocenters. The number of carbonyl (C=O) groups is 1. The Morgan fingerprint density at radius 2 is 2.04 bits per heavy atom. The van der Waals surface area contributed by atoms with E-state index in [2.05, 4.69) is 5.32 Å². The molecule has 3 rings (SSSR count). The molecule has 0 bridgehead atoms. The number of anilines is 1. The number of benzene rings is 2. The number of aliphatic hydroxyl groups excluding tert-OH is 1. The highest BCUT2D eigenvalue weighted by Gasteiger charge is 2.25. The number of amides is 2. The predicted molar refractivity (Wildman–Crippen MR) is 88.4 cm³/mol. The quantitative estimate of drug-likeness (QED) is 0.906. The molecule has 2 amide bonds. The van der Waals surface area contributed by atoms with E-state index < -0.39 is 18.0 Å². The summed E-state index contributed by atoms with van der Waals surface area (Å²) in [6, 6.07) is 13.5. The van der Waals surface area contributed by atoms with Gasteiger partial charge in [-0.15, -0.1) is 0 Å². The molecule has 5 nitrogen and oxygen atoms in total. The summed E-state index contributed by atoms with van der Waals surface area (Å²) in [5.74, 6) is -0.291.